The predicted molar refractivity (Wildman–Crippen MR) is 129 cm³/mol. The summed E-state index contributed by atoms with van der Waals surface area (Å²) < 4.78 is 5.41. The quantitative estimate of drug-likeness (QED) is 0.387. The Morgan fingerprint density at radius 1 is 1.12 bits per heavy atom. The summed E-state index contributed by atoms with van der Waals surface area (Å²) in [7, 11) is 1.60. The fourth-order valence-corrected chi connectivity index (χ4v) is 4.68. The van der Waals surface area contributed by atoms with Crippen molar-refractivity contribution in [1.82, 2.24) is 9.88 Å². The molecule has 1 aromatic heterocycles. The highest BCUT2D eigenvalue weighted by molar-refractivity contribution is 6.31. The van der Waals surface area contributed by atoms with Crippen LogP contribution in [0.15, 0.2) is 66.7 Å². The second-order valence-electron chi connectivity index (χ2n) is 8.09. The van der Waals surface area contributed by atoms with Crippen molar-refractivity contribution in [3.05, 3.63) is 94.1 Å². The lowest BCUT2D eigenvalue weighted by molar-refractivity contribution is 0.193. The van der Waals surface area contributed by atoms with Gasteiger partial charge in [-0.05, 0) is 54.8 Å². The van der Waals surface area contributed by atoms with Crippen LogP contribution in [-0.2, 0) is 6.42 Å². The number of H-pyrrole nitrogens is 1. The van der Waals surface area contributed by atoms with Gasteiger partial charge in [0.2, 0.25) is 0 Å². The largest absolute Gasteiger partial charge is 0.495 e. The summed E-state index contributed by atoms with van der Waals surface area (Å²) in [5.74, 6) is 0.630. The lowest BCUT2D eigenvalue weighted by Gasteiger charge is -2.36. The Morgan fingerprint density at radius 2 is 1.91 bits per heavy atom. The van der Waals surface area contributed by atoms with Crippen LogP contribution in [-0.4, -0.2) is 29.6 Å². The topological polar surface area (TPSA) is 57.4 Å². The number of carbonyl (C=O) groups is 1. The smallest absolute Gasteiger partial charge is 0.322 e. The molecule has 3 aromatic carbocycles. The van der Waals surface area contributed by atoms with Crippen molar-refractivity contribution in [2.45, 2.75) is 19.4 Å². The number of carbonyl (C=O) groups excluding carboxylic acids is 1. The first-order chi connectivity index (χ1) is 15.5. The minimum atomic E-state index is -0.236. The number of anilines is 1. The van der Waals surface area contributed by atoms with E-state index < -0.39 is 0 Å². The van der Waals surface area contributed by atoms with Crippen molar-refractivity contribution in [1.29, 1.82) is 0 Å². The van der Waals surface area contributed by atoms with Crippen molar-refractivity contribution in [3.8, 4) is 5.75 Å². The normalized spacial score (nSPS) is 15.5. The summed E-state index contributed by atoms with van der Waals surface area (Å²) in [6.45, 7) is 2.65. The zero-order chi connectivity index (χ0) is 22.2. The molecule has 0 saturated carbocycles. The van der Waals surface area contributed by atoms with E-state index in [0.29, 0.717) is 23.0 Å². The number of ether oxygens (including phenoxy) is 1. The van der Waals surface area contributed by atoms with Crippen molar-refractivity contribution in [2.75, 3.05) is 19.0 Å². The lowest BCUT2D eigenvalue weighted by Crippen LogP contribution is -2.43. The molecule has 1 aliphatic heterocycles. The van der Waals surface area contributed by atoms with Gasteiger partial charge in [-0.15, -0.1) is 0 Å². The van der Waals surface area contributed by atoms with E-state index in [0.717, 1.165) is 28.6 Å². The number of rotatable bonds is 3. The van der Waals surface area contributed by atoms with Crippen molar-refractivity contribution >= 4 is 34.2 Å². The molecule has 5 rings (SSSR count). The molecular formula is C26H24ClN3O2. The molecule has 0 aliphatic carbocycles. The van der Waals surface area contributed by atoms with Crippen LogP contribution in [0.3, 0.4) is 0 Å². The Labute approximate surface area is 192 Å². The number of hydrogen-bond donors (Lipinski definition) is 2. The van der Waals surface area contributed by atoms with Gasteiger partial charge < -0.3 is 19.9 Å². The Morgan fingerprint density at radius 3 is 2.69 bits per heavy atom. The number of benzene rings is 3. The number of aromatic nitrogens is 1. The van der Waals surface area contributed by atoms with Gasteiger partial charge in [-0.3, -0.25) is 0 Å². The number of para-hydroxylation sites is 2. The zero-order valence-electron chi connectivity index (χ0n) is 18.0. The lowest BCUT2D eigenvalue weighted by atomic mass is 9.92. The van der Waals surface area contributed by atoms with Crippen molar-refractivity contribution < 1.29 is 9.53 Å². The van der Waals surface area contributed by atoms with Crippen LogP contribution in [0.5, 0.6) is 5.75 Å². The molecule has 1 aliphatic rings. The maximum absolute atomic E-state index is 13.5. The molecule has 2 heterocycles. The zero-order valence-corrected chi connectivity index (χ0v) is 18.7. The van der Waals surface area contributed by atoms with Gasteiger partial charge in [-0.25, -0.2) is 4.79 Å². The first-order valence-electron chi connectivity index (χ1n) is 10.6. The minimum absolute atomic E-state index is 0.164. The molecule has 0 bridgehead atoms. The minimum Gasteiger partial charge on any atom is -0.495 e. The maximum Gasteiger partial charge on any atom is 0.322 e. The van der Waals surface area contributed by atoms with E-state index in [1.165, 1.54) is 11.1 Å². The number of halogens is 1. The van der Waals surface area contributed by atoms with Gasteiger partial charge in [-0.2, -0.15) is 0 Å². The maximum atomic E-state index is 13.5. The van der Waals surface area contributed by atoms with Gasteiger partial charge in [0.25, 0.3) is 0 Å². The third-order valence-electron chi connectivity index (χ3n) is 6.09. The van der Waals surface area contributed by atoms with Crippen LogP contribution >= 0.6 is 11.6 Å². The molecule has 162 valence electrons. The van der Waals surface area contributed by atoms with Crippen LogP contribution in [0.2, 0.25) is 5.02 Å². The summed E-state index contributed by atoms with van der Waals surface area (Å²) in [5, 5.41) is 4.87. The summed E-state index contributed by atoms with van der Waals surface area (Å²) >= 11 is 6.29. The summed E-state index contributed by atoms with van der Waals surface area (Å²) in [4.78, 5) is 18.9. The number of fused-ring (bicyclic) bond motifs is 3. The van der Waals surface area contributed by atoms with E-state index in [1.54, 1.807) is 7.11 Å². The molecule has 0 unspecified atom stereocenters. The average Bonchev–Trinajstić information content (AvgIpc) is 3.17. The first kappa shape index (κ1) is 20.5. The Hall–Kier alpha value is -3.44. The van der Waals surface area contributed by atoms with Gasteiger partial charge in [0.05, 0.1) is 18.8 Å². The molecule has 2 amide bonds. The monoisotopic (exact) mass is 445 g/mol. The fourth-order valence-electron chi connectivity index (χ4n) is 4.51. The van der Waals surface area contributed by atoms with Crippen LogP contribution in [0.1, 0.15) is 28.4 Å². The van der Waals surface area contributed by atoms with E-state index in [-0.39, 0.29) is 12.1 Å². The summed E-state index contributed by atoms with van der Waals surface area (Å²) in [5.41, 5.74) is 6.17. The summed E-state index contributed by atoms with van der Waals surface area (Å²) in [6.07, 6.45) is 0.747. The molecule has 6 heteroatoms. The third-order valence-corrected chi connectivity index (χ3v) is 6.33. The fraction of sp³-hybridized carbons (Fsp3) is 0.192. The van der Waals surface area contributed by atoms with E-state index in [1.807, 2.05) is 47.4 Å². The highest BCUT2D eigenvalue weighted by Gasteiger charge is 2.34. The van der Waals surface area contributed by atoms with Crippen molar-refractivity contribution in [3.63, 3.8) is 0 Å². The number of urea groups is 1. The first-order valence-corrected chi connectivity index (χ1v) is 11.0. The van der Waals surface area contributed by atoms with E-state index in [9.17, 15) is 4.79 Å². The van der Waals surface area contributed by atoms with E-state index >= 15 is 0 Å². The van der Waals surface area contributed by atoms with Gasteiger partial charge in [0.1, 0.15) is 5.75 Å². The van der Waals surface area contributed by atoms with Gasteiger partial charge >= 0.3 is 6.03 Å². The molecule has 4 aromatic rings. The highest BCUT2D eigenvalue weighted by Crippen LogP contribution is 2.39. The number of aromatic amines is 1. The van der Waals surface area contributed by atoms with Gasteiger partial charge in [-0.1, -0.05) is 53.6 Å². The predicted octanol–water partition coefficient (Wildman–Crippen LogP) is 6.32. The van der Waals surface area contributed by atoms with Gasteiger partial charge in [0.15, 0.2) is 0 Å². The molecule has 0 fully saturated rings. The Balaban J connectivity index is 1.58. The molecule has 2 N–H and O–H groups in total. The summed E-state index contributed by atoms with van der Waals surface area (Å²) in [6, 6.07) is 21.3. The Bertz CT molecular complexity index is 1300. The van der Waals surface area contributed by atoms with Crippen LogP contribution < -0.4 is 10.1 Å². The SMILES string of the molecule is COc1ccccc1NC(=O)N1CCc2c([nH]c3ccc(Cl)cc23)[C@@H]1c1ccc(C)cc1. The number of nitrogens with zero attached hydrogens (tertiary/aromatic N) is 1. The standard InChI is InChI=1S/C26H24ClN3O2/c1-16-7-9-17(10-8-16)25-24-19(20-15-18(27)11-12-21(20)28-24)13-14-30(25)26(31)29-22-5-3-4-6-23(22)32-2/h3-12,15,25,28H,13-14H2,1-2H3,(H,29,31)/t25-/m0/s1. The average molecular weight is 446 g/mol. The molecule has 5 nitrogen and oxygen atoms in total. The number of methoxy groups -OCH3 is 1. The van der Waals surface area contributed by atoms with Crippen LogP contribution in [0, 0.1) is 6.92 Å². The van der Waals surface area contributed by atoms with E-state index in [2.05, 4.69) is 41.5 Å². The molecule has 0 radical (unpaired) electrons. The second-order valence-corrected chi connectivity index (χ2v) is 8.53. The molecule has 1 atom stereocenters. The number of hydrogen-bond acceptors (Lipinski definition) is 2. The number of amides is 2. The molecule has 0 spiro atoms. The van der Waals surface area contributed by atoms with Gasteiger partial charge in [0, 0.05) is 28.2 Å². The van der Waals surface area contributed by atoms with Crippen molar-refractivity contribution in [2.24, 2.45) is 0 Å². The Kier molecular flexibility index (Phi) is 5.27. The second kappa shape index (κ2) is 8.24. The number of aryl methyl sites for hydroxylation is 1. The van der Waals surface area contributed by atoms with Crippen LogP contribution in [0.4, 0.5) is 10.5 Å². The highest BCUT2D eigenvalue weighted by atomic mass is 35.5. The molecular weight excluding hydrogens is 422 g/mol. The number of nitrogens with one attached hydrogen (secondary N) is 2. The molecule has 0 saturated heterocycles. The van der Waals surface area contributed by atoms with E-state index in [4.69, 9.17) is 16.3 Å². The molecule has 32 heavy (non-hydrogen) atoms. The third kappa shape index (κ3) is 3.59. The van der Waals surface area contributed by atoms with Crippen LogP contribution in [0.25, 0.3) is 10.9 Å².